The summed E-state index contributed by atoms with van der Waals surface area (Å²) in [7, 11) is 0. The van der Waals surface area contributed by atoms with Crippen LogP contribution in [-0.4, -0.2) is 0 Å². The lowest BCUT2D eigenvalue weighted by molar-refractivity contribution is 0.364. The van der Waals surface area contributed by atoms with E-state index in [1.54, 1.807) is 0 Å². The summed E-state index contributed by atoms with van der Waals surface area (Å²) in [6.45, 7) is 20.6. The van der Waals surface area contributed by atoms with E-state index in [4.69, 9.17) is 13.1 Å². The Morgan fingerprint density at radius 1 is 0.957 bits per heavy atom. The maximum absolute atomic E-state index is 9.37. The van der Waals surface area contributed by atoms with E-state index in [0.29, 0.717) is 11.1 Å². The minimum Gasteiger partial charge on any atom is -0.226 e. The Morgan fingerprint density at radius 2 is 1.35 bits per heavy atom. The Balaban J connectivity index is 3.04. The predicted molar refractivity (Wildman–Crippen MR) is 87.7 cm³/mol. The van der Waals surface area contributed by atoms with Gasteiger partial charge < -0.3 is 0 Å². The third-order valence-corrected chi connectivity index (χ3v) is 3.90. The maximum Gasteiger partial charge on any atom is 0.266 e. The summed E-state index contributed by atoms with van der Waals surface area (Å²) in [5.74, 6) is -0.340. The number of hydrogen-bond acceptors (Lipinski definition) is 2. The highest BCUT2D eigenvalue weighted by Crippen LogP contribution is 2.55. The molecule has 0 amide bonds. The summed E-state index contributed by atoms with van der Waals surface area (Å²) < 4.78 is 0. The molecule has 0 N–H and O–H groups in total. The standard InChI is InChI=1S/C19H14N4/c1-19(2,3)18-16(14(10-20)22-4)12-8-6-7-9-13(12)17(18)15(11-21)23-5/h6-9,18H,1-3H3/b16-14-,17-15-. The molecular formula is C19H14N4. The van der Waals surface area contributed by atoms with Crippen LogP contribution in [0.3, 0.4) is 0 Å². The Hall–Kier alpha value is -3.34. The molecule has 23 heavy (non-hydrogen) atoms. The third kappa shape index (κ3) is 2.48. The first-order valence-electron chi connectivity index (χ1n) is 7.04. The maximum atomic E-state index is 9.37. The lowest BCUT2D eigenvalue weighted by Gasteiger charge is -2.30. The minimum atomic E-state index is -0.344. The number of hydrogen-bond donors (Lipinski definition) is 0. The van der Waals surface area contributed by atoms with E-state index in [0.717, 1.165) is 11.1 Å². The number of fused-ring (bicyclic) bond motifs is 1. The predicted octanol–water partition coefficient (Wildman–Crippen LogP) is 4.67. The van der Waals surface area contributed by atoms with E-state index < -0.39 is 0 Å². The lowest BCUT2D eigenvalue weighted by Crippen LogP contribution is -2.20. The summed E-state index contributed by atoms with van der Waals surface area (Å²) in [6.07, 6.45) is 0. The van der Waals surface area contributed by atoms with Gasteiger partial charge in [0.1, 0.15) is 0 Å². The van der Waals surface area contributed by atoms with E-state index >= 15 is 0 Å². The van der Waals surface area contributed by atoms with Gasteiger partial charge in [0.15, 0.2) is 0 Å². The molecule has 110 valence electrons. The first-order valence-corrected chi connectivity index (χ1v) is 7.04. The van der Waals surface area contributed by atoms with E-state index in [2.05, 4.69) is 9.69 Å². The second-order valence-electron chi connectivity index (χ2n) is 6.32. The van der Waals surface area contributed by atoms with E-state index in [1.165, 1.54) is 0 Å². The van der Waals surface area contributed by atoms with Gasteiger partial charge in [-0.15, -0.1) is 0 Å². The van der Waals surface area contributed by atoms with Crippen molar-refractivity contribution in [2.24, 2.45) is 11.3 Å². The van der Waals surface area contributed by atoms with Crippen molar-refractivity contribution in [1.82, 2.24) is 0 Å². The topological polar surface area (TPSA) is 56.3 Å². The first-order chi connectivity index (χ1) is 10.9. The molecule has 4 nitrogen and oxygen atoms in total. The lowest BCUT2D eigenvalue weighted by atomic mass is 9.73. The van der Waals surface area contributed by atoms with Crippen molar-refractivity contribution in [3.63, 3.8) is 0 Å². The van der Waals surface area contributed by atoms with Gasteiger partial charge in [0, 0.05) is 0 Å². The summed E-state index contributed by atoms with van der Waals surface area (Å²) in [5.41, 5.74) is 2.49. The fourth-order valence-corrected chi connectivity index (χ4v) is 3.09. The van der Waals surface area contributed by atoms with Crippen LogP contribution in [0.2, 0.25) is 0 Å². The summed E-state index contributed by atoms with van der Waals surface area (Å²) in [5, 5.41) is 18.7. The Morgan fingerprint density at radius 3 is 1.61 bits per heavy atom. The highest BCUT2D eigenvalue weighted by atomic mass is 14.7. The van der Waals surface area contributed by atoms with Crippen molar-refractivity contribution < 1.29 is 0 Å². The van der Waals surface area contributed by atoms with Crippen molar-refractivity contribution in [3.05, 3.63) is 69.6 Å². The van der Waals surface area contributed by atoms with Crippen molar-refractivity contribution in [3.8, 4) is 12.1 Å². The molecule has 0 bridgehead atoms. The highest BCUT2D eigenvalue weighted by Gasteiger charge is 2.42. The number of allylic oxidation sites excluding steroid dienone is 4. The minimum absolute atomic E-state index is 0.0228. The monoisotopic (exact) mass is 298 g/mol. The molecule has 0 heterocycles. The molecule has 0 aliphatic heterocycles. The Kier molecular flexibility index (Phi) is 4.05. The third-order valence-electron chi connectivity index (χ3n) is 3.90. The van der Waals surface area contributed by atoms with Gasteiger partial charge in [0.2, 0.25) is 0 Å². The van der Waals surface area contributed by atoms with Crippen LogP contribution in [-0.2, 0) is 0 Å². The quantitative estimate of drug-likeness (QED) is 0.516. The molecule has 0 aromatic heterocycles. The van der Waals surface area contributed by atoms with E-state index in [-0.39, 0.29) is 22.7 Å². The second kappa shape index (κ2) is 5.81. The van der Waals surface area contributed by atoms with Crippen LogP contribution in [0, 0.1) is 47.1 Å². The smallest absolute Gasteiger partial charge is 0.226 e. The summed E-state index contributed by atoms with van der Waals surface area (Å²) in [6, 6.07) is 11.3. The molecule has 0 radical (unpaired) electrons. The molecule has 0 atom stereocenters. The van der Waals surface area contributed by atoms with Crippen LogP contribution in [0.15, 0.2) is 35.7 Å². The van der Waals surface area contributed by atoms with Crippen molar-refractivity contribution in [1.29, 1.82) is 10.5 Å². The molecule has 2 rings (SSSR count). The molecule has 1 aliphatic rings. The van der Waals surface area contributed by atoms with Crippen molar-refractivity contribution in [2.75, 3.05) is 0 Å². The largest absolute Gasteiger partial charge is 0.266 e. The van der Waals surface area contributed by atoms with Gasteiger partial charge in [-0.2, -0.15) is 0 Å². The average Bonchev–Trinajstić information content (AvgIpc) is 2.86. The fraction of sp³-hybridized carbons (Fsp3) is 0.263. The van der Waals surface area contributed by atoms with Crippen molar-refractivity contribution in [2.45, 2.75) is 20.8 Å². The number of nitrogens with zero attached hydrogens (tertiary/aromatic N) is 4. The summed E-state index contributed by atoms with van der Waals surface area (Å²) in [4.78, 5) is 6.76. The van der Waals surface area contributed by atoms with Crippen LogP contribution in [0.1, 0.15) is 31.9 Å². The zero-order chi connectivity index (χ0) is 17.2. The zero-order valence-corrected chi connectivity index (χ0v) is 13.2. The van der Waals surface area contributed by atoms with Crippen LogP contribution < -0.4 is 0 Å². The SMILES string of the molecule is [C-]#[N+]/C(C#N)=C1/c2ccccc2/C(=C(\C#N)[N+]#[C-])C1C(C)(C)C. The zero-order valence-electron chi connectivity index (χ0n) is 13.2. The molecule has 0 saturated carbocycles. The second-order valence-corrected chi connectivity index (χ2v) is 6.32. The number of nitriles is 2. The number of rotatable bonds is 0. The molecule has 1 aromatic carbocycles. The van der Waals surface area contributed by atoms with Crippen LogP contribution in [0.4, 0.5) is 0 Å². The molecule has 1 aromatic rings. The van der Waals surface area contributed by atoms with E-state index in [9.17, 15) is 10.5 Å². The molecule has 4 heteroatoms. The molecule has 0 saturated heterocycles. The number of benzene rings is 1. The van der Waals surface area contributed by atoms with Gasteiger partial charge in [0.05, 0.1) is 25.3 Å². The van der Waals surface area contributed by atoms with Crippen molar-refractivity contribution >= 4 is 11.1 Å². The average molecular weight is 298 g/mol. The highest BCUT2D eigenvalue weighted by molar-refractivity contribution is 5.99. The van der Waals surface area contributed by atoms with Gasteiger partial charge in [0.25, 0.3) is 11.4 Å². The Bertz CT molecular complexity index is 796. The molecule has 0 unspecified atom stereocenters. The molecule has 0 fully saturated rings. The van der Waals surface area contributed by atoms with Gasteiger partial charge in [-0.1, -0.05) is 45.0 Å². The summed E-state index contributed by atoms with van der Waals surface area (Å²) >= 11 is 0. The van der Waals surface area contributed by atoms with Crippen LogP contribution in [0.5, 0.6) is 0 Å². The first kappa shape index (κ1) is 16.0. The fourth-order valence-electron chi connectivity index (χ4n) is 3.09. The molecule has 0 spiro atoms. The van der Waals surface area contributed by atoms with E-state index in [1.807, 2.05) is 57.2 Å². The van der Waals surface area contributed by atoms with Gasteiger partial charge in [-0.05, 0) is 33.6 Å². The Labute approximate surface area is 136 Å². The molecule has 1 aliphatic carbocycles. The van der Waals surface area contributed by atoms with Crippen LogP contribution in [0.25, 0.3) is 20.8 Å². The van der Waals surface area contributed by atoms with Gasteiger partial charge in [-0.25, -0.2) is 20.2 Å². The van der Waals surface area contributed by atoms with Gasteiger partial charge >= 0.3 is 0 Å². The molecular weight excluding hydrogens is 284 g/mol. The van der Waals surface area contributed by atoms with Gasteiger partial charge in [-0.3, -0.25) is 0 Å². The normalized spacial score (nSPS) is 20.4. The van der Waals surface area contributed by atoms with Crippen LogP contribution >= 0.6 is 0 Å².